The van der Waals surface area contributed by atoms with E-state index in [1.807, 2.05) is 24.4 Å². The summed E-state index contributed by atoms with van der Waals surface area (Å²) in [5, 5.41) is 1.97. The molecule has 2 rings (SSSR count). The van der Waals surface area contributed by atoms with Crippen LogP contribution in [0.3, 0.4) is 0 Å². The first-order chi connectivity index (χ1) is 10.1. The van der Waals surface area contributed by atoms with Gasteiger partial charge in [0, 0.05) is 15.9 Å². The van der Waals surface area contributed by atoms with Crippen molar-refractivity contribution >= 4 is 33.2 Å². The second-order valence-electron chi connectivity index (χ2n) is 4.35. The Labute approximate surface area is 135 Å². The third-order valence-corrected chi connectivity index (χ3v) is 4.26. The summed E-state index contributed by atoms with van der Waals surface area (Å²) in [7, 11) is 0. The molecule has 3 nitrogen and oxygen atoms in total. The van der Waals surface area contributed by atoms with Crippen LogP contribution in [0.1, 0.15) is 11.8 Å². The minimum absolute atomic E-state index is 0.0822. The van der Waals surface area contributed by atoms with Gasteiger partial charge < -0.3 is 9.64 Å². The molecule has 0 unspecified atom stereocenters. The van der Waals surface area contributed by atoms with Gasteiger partial charge in [0.1, 0.15) is 0 Å². The van der Waals surface area contributed by atoms with Crippen LogP contribution in [0, 0.1) is 5.82 Å². The van der Waals surface area contributed by atoms with E-state index < -0.39 is 5.82 Å². The van der Waals surface area contributed by atoms with Gasteiger partial charge >= 0.3 is 0 Å². The molecule has 1 aromatic heterocycles. The average Bonchev–Trinajstić information content (AvgIpc) is 2.96. The second kappa shape index (κ2) is 7.56. The topological polar surface area (TPSA) is 29.5 Å². The number of hydrogen-bond acceptors (Lipinski definition) is 3. The number of ether oxygens (including phenoxy) is 1. The number of halogens is 2. The van der Waals surface area contributed by atoms with Crippen LogP contribution in [0.5, 0.6) is 5.75 Å². The van der Waals surface area contributed by atoms with Gasteiger partial charge in [0.15, 0.2) is 18.2 Å². The molecule has 0 aliphatic carbocycles. The SMILES string of the molecule is CCN(Cc1cccs1)C(=O)COc1ccc(Br)cc1F. The summed E-state index contributed by atoms with van der Waals surface area (Å²) in [6.45, 7) is 2.88. The maximum atomic E-state index is 13.6. The highest BCUT2D eigenvalue weighted by atomic mass is 79.9. The van der Waals surface area contributed by atoms with Crippen molar-refractivity contribution in [2.24, 2.45) is 0 Å². The van der Waals surface area contributed by atoms with Crippen LogP contribution in [0.2, 0.25) is 0 Å². The number of nitrogens with zero attached hydrogens (tertiary/aromatic N) is 1. The minimum atomic E-state index is -0.488. The summed E-state index contributed by atoms with van der Waals surface area (Å²) in [6, 6.07) is 8.42. The van der Waals surface area contributed by atoms with E-state index in [1.165, 1.54) is 12.1 Å². The van der Waals surface area contributed by atoms with Gasteiger partial charge in [-0.2, -0.15) is 0 Å². The lowest BCUT2D eigenvalue weighted by Gasteiger charge is -2.20. The zero-order valence-electron chi connectivity index (χ0n) is 11.5. The fourth-order valence-corrected chi connectivity index (χ4v) is 2.84. The maximum absolute atomic E-state index is 13.6. The molecular weight excluding hydrogens is 357 g/mol. The minimum Gasteiger partial charge on any atom is -0.481 e. The average molecular weight is 372 g/mol. The van der Waals surface area contributed by atoms with Gasteiger partial charge in [0.25, 0.3) is 5.91 Å². The van der Waals surface area contributed by atoms with Gasteiger partial charge in [-0.3, -0.25) is 4.79 Å². The Hall–Kier alpha value is -1.40. The summed E-state index contributed by atoms with van der Waals surface area (Å²) in [6.07, 6.45) is 0. The molecule has 0 saturated carbocycles. The smallest absolute Gasteiger partial charge is 0.260 e. The van der Waals surface area contributed by atoms with E-state index in [4.69, 9.17) is 4.74 Å². The number of rotatable bonds is 6. The third-order valence-electron chi connectivity index (χ3n) is 2.91. The van der Waals surface area contributed by atoms with E-state index in [9.17, 15) is 9.18 Å². The summed E-state index contributed by atoms with van der Waals surface area (Å²) >= 11 is 4.78. The molecule has 0 spiro atoms. The lowest BCUT2D eigenvalue weighted by molar-refractivity contribution is -0.133. The van der Waals surface area contributed by atoms with Gasteiger partial charge in [-0.25, -0.2) is 4.39 Å². The molecule has 21 heavy (non-hydrogen) atoms. The van der Waals surface area contributed by atoms with Crippen molar-refractivity contribution < 1.29 is 13.9 Å². The number of thiophene rings is 1. The summed E-state index contributed by atoms with van der Waals surface area (Å²) < 4.78 is 19.5. The Morgan fingerprint density at radius 3 is 2.86 bits per heavy atom. The fourth-order valence-electron chi connectivity index (χ4n) is 1.79. The highest BCUT2D eigenvalue weighted by molar-refractivity contribution is 9.10. The van der Waals surface area contributed by atoms with E-state index in [1.54, 1.807) is 22.3 Å². The summed E-state index contributed by atoms with van der Waals surface area (Å²) in [5.74, 6) is -0.564. The number of carbonyl (C=O) groups excluding carboxylic acids is 1. The Kier molecular flexibility index (Phi) is 5.76. The standard InChI is InChI=1S/C15H15BrFNO2S/c1-2-18(9-12-4-3-7-21-12)15(19)10-20-14-6-5-11(16)8-13(14)17/h3-8H,2,9-10H2,1H3. The molecule has 6 heteroatoms. The first-order valence-corrected chi connectivity index (χ1v) is 8.15. The second-order valence-corrected chi connectivity index (χ2v) is 6.30. The first-order valence-electron chi connectivity index (χ1n) is 6.48. The summed E-state index contributed by atoms with van der Waals surface area (Å²) in [4.78, 5) is 14.9. The quantitative estimate of drug-likeness (QED) is 0.765. The first kappa shape index (κ1) is 16.0. The van der Waals surface area contributed by atoms with Crippen molar-refractivity contribution in [1.29, 1.82) is 0 Å². The molecule has 0 bridgehead atoms. The molecule has 1 heterocycles. The van der Waals surface area contributed by atoms with Gasteiger partial charge in [0.2, 0.25) is 0 Å². The summed E-state index contributed by atoms with van der Waals surface area (Å²) in [5.41, 5.74) is 0. The lowest BCUT2D eigenvalue weighted by atomic mass is 10.3. The van der Waals surface area contributed by atoms with Crippen molar-refractivity contribution in [1.82, 2.24) is 4.90 Å². The van der Waals surface area contributed by atoms with Crippen molar-refractivity contribution in [2.75, 3.05) is 13.2 Å². The highest BCUT2D eigenvalue weighted by Gasteiger charge is 2.14. The fraction of sp³-hybridized carbons (Fsp3) is 0.267. The van der Waals surface area contributed by atoms with Crippen LogP contribution in [0.4, 0.5) is 4.39 Å². The predicted octanol–water partition coefficient (Wildman–Crippen LogP) is 4.08. The van der Waals surface area contributed by atoms with E-state index in [2.05, 4.69) is 15.9 Å². The molecule has 0 N–H and O–H groups in total. The van der Waals surface area contributed by atoms with Crippen LogP contribution < -0.4 is 4.74 Å². The monoisotopic (exact) mass is 371 g/mol. The van der Waals surface area contributed by atoms with Crippen molar-refractivity contribution in [3.05, 3.63) is 50.9 Å². The van der Waals surface area contributed by atoms with Crippen LogP contribution in [-0.4, -0.2) is 24.0 Å². The third kappa shape index (κ3) is 4.54. The van der Waals surface area contributed by atoms with E-state index in [0.29, 0.717) is 17.6 Å². The molecule has 0 aliphatic rings. The van der Waals surface area contributed by atoms with E-state index >= 15 is 0 Å². The molecule has 2 aromatic rings. The molecule has 0 aliphatic heterocycles. The molecule has 0 atom stereocenters. The lowest BCUT2D eigenvalue weighted by Crippen LogP contribution is -2.34. The Balaban J connectivity index is 1.93. The van der Waals surface area contributed by atoms with Gasteiger partial charge in [-0.15, -0.1) is 11.3 Å². The van der Waals surface area contributed by atoms with Crippen LogP contribution in [0.25, 0.3) is 0 Å². The molecule has 0 saturated heterocycles. The predicted molar refractivity (Wildman–Crippen MR) is 85.0 cm³/mol. The van der Waals surface area contributed by atoms with Gasteiger partial charge in [-0.1, -0.05) is 22.0 Å². The van der Waals surface area contributed by atoms with Crippen molar-refractivity contribution in [3.63, 3.8) is 0 Å². The Bertz CT molecular complexity index is 604. The highest BCUT2D eigenvalue weighted by Crippen LogP contribution is 2.21. The van der Waals surface area contributed by atoms with E-state index in [-0.39, 0.29) is 18.3 Å². The molecule has 1 aromatic carbocycles. The zero-order valence-corrected chi connectivity index (χ0v) is 13.9. The largest absolute Gasteiger partial charge is 0.481 e. The number of hydrogen-bond donors (Lipinski definition) is 0. The van der Waals surface area contributed by atoms with Crippen LogP contribution >= 0.6 is 27.3 Å². The molecule has 112 valence electrons. The van der Waals surface area contributed by atoms with E-state index in [0.717, 1.165) is 4.88 Å². The molecule has 1 amide bonds. The Morgan fingerprint density at radius 2 is 2.24 bits per heavy atom. The molecular formula is C15H15BrFNO2S. The van der Waals surface area contributed by atoms with Crippen molar-refractivity contribution in [3.8, 4) is 5.75 Å². The number of benzene rings is 1. The van der Waals surface area contributed by atoms with Crippen molar-refractivity contribution in [2.45, 2.75) is 13.5 Å². The number of carbonyl (C=O) groups is 1. The molecule has 0 radical (unpaired) electrons. The zero-order chi connectivity index (χ0) is 15.2. The maximum Gasteiger partial charge on any atom is 0.260 e. The Morgan fingerprint density at radius 1 is 1.43 bits per heavy atom. The van der Waals surface area contributed by atoms with Gasteiger partial charge in [0.05, 0.1) is 6.54 Å². The van der Waals surface area contributed by atoms with Crippen LogP contribution in [-0.2, 0) is 11.3 Å². The van der Waals surface area contributed by atoms with Gasteiger partial charge in [-0.05, 0) is 36.6 Å². The number of amides is 1. The number of likely N-dealkylation sites (N-methyl/N-ethyl adjacent to an activating group) is 1. The molecule has 0 fully saturated rings. The normalized spacial score (nSPS) is 10.4. The van der Waals surface area contributed by atoms with Crippen LogP contribution in [0.15, 0.2) is 40.2 Å².